The minimum absolute atomic E-state index is 0.0446. The number of carbonyl (C=O) groups excluding carboxylic acids is 1. The number of nitrogens with zero attached hydrogens (tertiary/aromatic N) is 2. The molecule has 2 heterocycles. The number of benzene rings is 2. The molecule has 28 heavy (non-hydrogen) atoms. The van der Waals surface area contributed by atoms with E-state index >= 15 is 0 Å². The SMILES string of the molecule is O=C(OC1CCN(c2ccccc2)CC1)OC1CCN(c2ccccc2)CC1. The van der Waals surface area contributed by atoms with Crippen LogP contribution in [0.25, 0.3) is 0 Å². The lowest BCUT2D eigenvalue weighted by Gasteiger charge is -2.34. The van der Waals surface area contributed by atoms with Crippen LogP contribution in [0.2, 0.25) is 0 Å². The van der Waals surface area contributed by atoms with E-state index in [4.69, 9.17) is 9.47 Å². The Morgan fingerprint density at radius 3 is 1.36 bits per heavy atom. The quantitative estimate of drug-likeness (QED) is 0.732. The van der Waals surface area contributed by atoms with Gasteiger partial charge in [0.2, 0.25) is 0 Å². The van der Waals surface area contributed by atoms with E-state index in [0.717, 1.165) is 51.9 Å². The zero-order valence-corrected chi connectivity index (χ0v) is 16.2. The lowest BCUT2D eigenvalue weighted by atomic mass is 10.1. The summed E-state index contributed by atoms with van der Waals surface area (Å²) in [6, 6.07) is 20.8. The first-order valence-electron chi connectivity index (χ1n) is 10.3. The van der Waals surface area contributed by atoms with E-state index in [9.17, 15) is 4.79 Å². The van der Waals surface area contributed by atoms with Crippen molar-refractivity contribution in [3.63, 3.8) is 0 Å². The molecule has 0 amide bonds. The van der Waals surface area contributed by atoms with E-state index < -0.39 is 6.16 Å². The summed E-state index contributed by atoms with van der Waals surface area (Å²) >= 11 is 0. The van der Waals surface area contributed by atoms with Crippen molar-refractivity contribution in [1.29, 1.82) is 0 Å². The first-order valence-corrected chi connectivity index (χ1v) is 10.3. The van der Waals surface area contributed by atoms with E-state index in [-0.39, 0.29) is 12.2 Å². The average molecular weight is 380 g/mol. The maximum atomic E-state index is 12.2. The second kappa shape index (κ2) is 9.00. The highest BCUT2D eigenvalue weighted by Gasteiger charge is 2.26. The van der Waals surface area contributed by atoms with E-state index in [1.807, 2.05) is 12.1 Å². The molecular weight excluding hydrogens is 352 g/mol. The minimum Gasteiger partial charge on any atom is -0.431 e. The summed E-state index contributed by atoms with van der Waals surface area (Å²) in [6.45, 7) is 3.60. The molecule has 0 unspecified atom stereocenters. The van der Waals surface area contributed by atoms with Crippen LogP contribution in [0.3, 0.4) is 0 Å². The summed E-state index contributed by atoms with van der Waals surface area (Å²) in [5.41, 5.74) is 2.46. The van der Waals surface area contributed by atoms with Gasteiger partial charge in [-0.3, -0.25) is 0 Å². The molecule has 0 atom stereocenters. The fourth-order valence-corrected chi connectivity index (χ4v) is 4.04. The van der Waals surface area contributed by atoms with Crippen LogP contribution in [-0.4, -0.2) is 44.5 Å². The van der Waals surface area contributed by atoms with Crippen molar-refractivity contribution in [2.45, 2.75) is 37.9 Å². The van der Waals surface area contributed by atoms with Gasteiger partial charge in [0.25, 0.3) is 0 Å². The number of ether oxygens (including phenoxy) is 2. The molecule has 0 bridgehead atoms. The van der Waals surface area contributed by atoms with Gasteiger partial charge in [0, 0.05) is 63.2 Å². The second-order valence-electron chi connectivity index (χ2n) is 7.53. The van der Waals surface area contributed by atoms with Gasteiger partial charge < -0.3 is 19.3 Å². The summed E-state index contributed by atoms with van der Waals surface area (Å²) in [7, 11) is 0. The van der Waals surface area contributed by atoms with Crippen molar-refractivity contribution in [1.82, 2.24) is 0 Å². The van der Waals surface area contributed by atoms with Crippen molar-refractivity contribution < 1.29 is 14.3 Å². The third-order valence-corrected chi connectivity index (χ3v) is 5.65. The average Bonchev–Trinajstić information content (AvgIpc) is 2.76. The Bertz CT molecular complexity index is 673. The zero-order chi connectivity index (χ0) is 19.2. The first-order chi connectivity index (χ1) is 13.8. The largest absolute Gasteiger partial charge is 0.508 e. The first kappa shape index (κ1) is 18.7. The Balaban J connectivity index is 1.18. The van der Waals surface area contributed by atoms with Crippen molar-refractivity contribution >= 4 is 17.5 Å². The summed E-state index contributed by atoms with van der Waals surface area (Å²) in [5.74, 6) is 0. The zero-order valence-electron chi connectivity index (χ0n) is 16.2. The van der Waals surface area contributed by atoms with Gasteiger partial charge >= 0.3 is 6.16 Å². The number of carbonyl (C=O) groups is 1. The number of piperidine rings is 2. The van der Waals surface area contributed by atoms with Crippen molar-refractivity contribution in [2.75, 3.05) is 36.0 Å². The molecule has 2 fully saturated rings. The van der Waals surface area contributed by atoms with Gasteiger partial charge in [0.1, 0.15) is 12.2 Å². The molecule has 148 valence electrons. The van der Waals surface area contributed by atoms with E-state index in [0.29, 0.717) is 0 Å². The normalized spacial score (nSPS) is 18.7. The van der Waals surface area contributed by atoms with Crippen LogP contribution in [0.4, 0.5) is 16.2 Å². The molecule has 0 N–H and O–H groups in total. The molecule has 0 radical (unpaired) electrons. The van der Waals surface area contributed by atoms with Crippen LogP contribution in [0.15, 0.2) is 60.7 Å². The summed E-state index contributed by atoms with van der Waals surface area (Å²) < 4.78 is 11.2. The maximum absolute atomic E-state index is 12.2. The van der Waals surface area contributed by atoms with Crippen molar-refractivity contribution in [2.24, 2.45) is 0 Å². The Morgan fingerprint density at radius 2 is 1.00 bits per heavy atom. The highest BCUT2D eigenvalue weighted by atomic mass is 16.7. The Hall–Kier alpha value is -2.69. The highest BCUT2D eigenvalue weighted by Crippen LogP contribution is 2.23. The predicted molar refractivity (Wildman–Crippen MR) is 111 cm³/mol. The number of para-hydroxylation sites is 2. The van der Waals surface area contributed by atoms with Crippen LogP contribution in [0.5, 0.6) is 0 Å². The predicted octanol–water partition coefficient (Wildman–Crippen LogP) is 4.48. The summed E-state index contributed by atoms with van der Waals surface area (Å²) in [4.78, 5) is 16.9. The van der Waals surface area contributed by atoms with Gasteiger partial charge in [-0.2, -0.15) is 0 Å². The fraction of sp³-hybridized carbons (Fsp3) is 0.435. The smallest absolute Gasteiger partial charge is 0.431 e. The topological polar surface area (TPSA) is 42.0 Å². The van der Waals surface area contributed by atoms with Gasteiger partial charge in [-0.25, -0.2) is 4.79 Å². The monoisotopic (exact) mass is 380 g/mol. The van der Waals surface area contributed by atoms with Crippen LogP contribution in [-0.2, 0) is 9.47 Å². The van der Waals surface area contributed by atoms with E-state index in [1.165, 1.54) is 11.4 Å². The van der Waals surface area contributed by atoms with E-state index in [2.05, 4.69) is 58.3 Å². The molecule has 0 aromatic heterocycles. The molecule has 2 saturated heterocycles. The third kappa shape index (κ3) is 4.77. The lowest BCUT2D eigenvalue weighted by molar-refractivity contribution is -0.0128. The van der Waals surface area contributed by atoms with Gasteiger partial charge in [-0.15, -0.1) is 0 Å². The fourth-order valence-electron chi connectivity index (χ4n) is 4.04. The highest BCUT2D eigenvalue weighted by molar-refractivity contribution is 5.60. The van der Waals surface area contributed by atoms with Crippen molar-refractivity contribution in [3.8, 4) is 0 Å². The summed E-state index contributed by atoms with van der Waals surface area (Å²) in [6.07, 6.45) is 2.78. The second-order valence-corrected chi connectivity index (χ2v) is 7.53. The van der Waals surface area contributed by atoms with E-state index in [1.54, 1.807) is 0 Å². The van der Waals surface area contributed by atoms with Gasteiger partial charge in [0.05, 0.1) is 0 Å². The minimum atomic E-state index is -0.503. The molecule has 5 heteroatoms. The van der Waals surface area contributed by atoms with Crippen molar-refractivity contribution in [3.05, 3.63) is 60.7 Å². The van der Waals surface area contributed by atoms with Crippen LogP contribution in [0, 0.1) is 0 Å². The molecule has 2 aromatic carbocycles. The number of hydrogen-bond donors (Lipinski definition) is 0. The molecule has 4 rings (SSSR count). The van der Waals surface area contributed by atoms with Gasteiger partial charge in [0.15, 0.2) is 0 Å². The summed E-state index contributed by atoms with van der Waals surface area (Å²) in [5, 5.41) is 0. The molecule has 0 aliphatic carbocycles. The molecule has 5 nitrogen and oxygen atoms in total. The molecule has 2 aliphatic rings. The van der Waals surface area contributed by atoms with Gasteiger partial charge in [-0.1, -0.05) is 36.4 Å². The van der Waals surface area contributed by atoms with Crippen LogP contribution in [0.1, 0.15) is 25.7 Å². The van der Waals surface area contributed by atoms with Gasteiger partial charge in [-0.05, 0) is 24.3 Å². The molecule has 2 aromatic rings. The van der Waals surface area contributed by atoms with Crippen LogP contribution >= 0.6 is 0 Å². The Morgan fingerprint density at radius 1 is 0.643 bits per heavy atom. The number of anilines is 2. The number of hydrogen-bond acceptors (Lipinski definition) is 5. The maximum Gasteiger partial charge on any atom is 0.508 e. The molecule has 2 aliphatic heterocycles. The Kier molecular flexibility index (Phi) is 6.00. The Labute approximate surface area is 166 Å². The molecule has 0 spiro atoms. The lowest BCUT2D eigenvalue weighted by Crippen LogP contribution is -2.40. The number of rotatable bonds is 4. The standard InChI is InChI=1S/C23H28N2O3/c26-23(27-21-11-15-24(16-12-21)19-7-3-1-4-8-19)28-22-13-17-25(18-14-22)20-9-5-2-6-10-20/h1-10,21-22H,11-18H2. The molecule has 0 saturated carbocycles. The van der Waals surface area contributed by atoms with Crippen LogP contribution < -0.4 is 9.80 Å². The molecular formula is C23H28N2O3. The third-order valence-electron chi connectivity index (χ3n) is 5.65.